The van der Waals surface area contributed by atoms with Gasteiger partial charge in [0.25, 0.3) is 0 Å². The smallest absolute Gasteiger partial charge is 0.304 e. The van der Waals surface area contributed by atoms with Crippen molar-refractivity contribution in [3.05, 3.63) is 0 Å². The zero-order valence-electron chi connectivity index (χ0n) is 9.86. The number of nitrogens with one attached hydrogen (secondary N) is 1. The van der Waals surface area contributed by atoms with Gasteiger partial charge >= 0.3 is 5.97 Å². The van der Waals surface area contributed by atoms with E-state index in [9.17, 15) is 4.79 Å². The van der Waals surface area contributed by atoms with Gasteiger partial charge in [0, 0.05) is 31.7 Å². The van der Waals surface area contributed by atoms with E-state index in [2.05, 4.69) is 24.1 Å². The van der Waals surface area contributed by atoms with Gasteiger partial charge < -0.3 is 10.4 Å². The summed E-state index contributed by atoms with van der Waals surface area (Å²) in [4.78, 5) is 12.9. The average Bonchev–Trinajstić information content (AvgIpc) is 2.17. The van der Waals surface area contributed by atoms with Gasteiger partial charge in [-0.15, -0.1) is 0 Å². The number of aliphatic carboxylic acids is 1. The fourth-order valence-corrected chi connectivity index (χ4v) is 2.03. The van der Waals surface area contributed by atoms with Crippen molar-refractivity contribution in [2.24, 2.45) is 5.92 Å². The highest BCUT2D eigenvalue weighted by Crippen LogP contribution is 2.12. The first-order valence-corrected chi connectivity index (χ1v) is 5.70. The van der Waals surface area contributed by atoms with Gasteiger partial charge in [0.15, 0.2) is 0 Å². The molecular weight excluding hydrogens is 192 g/mol. The Balaban J connectivity index is 2.44. The summed E-state index contributed by atoms with van der Waals surface area (Å²) in [5.41, 5.74) is 0. The number of rotatable bonds is 4. The first kappa shape index (κ1) is 12.5. The minimum atomic E-state index is -0.706. The quantitative estimate of drug-likeness (QED) is 0.726. The molecule has 1 aliphatic rings. The lowest BCUT2D eigenvalue weighted by molar-refractivity contribution is -0.138. The fraction of sp³-hybridized carbons (Fsp3) is 0.909. The van der Waals surface area contributed by atoms with Gasteiger partial charge in [-0.3, -0.25) is 9.69 Å². The summed E-state index contributed by atoms with van der Waals surface area (Å²) in [6, 6.07) is 0.640. The van der Waals surface area contributed by atoms with Crippen molar-refractivity contribution in [1.82, 2.24) is 10.2 Å². The second-order valence-electron chi connectivity index (χ2n) is 4.75. The second-order valence-corrected chi connectivity index (χ2v) is 4.75. The molecular formula is C11H22N2O2. The van der Waals surface area contributed by atoms with E-state index in [4.69, 9.17) is 5.11 Å². The predicted molar refractivity (Wildman–Crippen MR) is 59.9 cm³/mol. The molecule has 0 spiro atoms. The Bertz CT molecular complexity index is 219. The molecule has 0 radical (unpaired) electrons. The van der Waals surface area contributed by atoms with Gasteiger partial charge in [-0.2, -0.15) is 0 Å². The van der Waals surface area contributed by atoms with E-state index in [1.54, 1.807) is 0 Å². The van der Waals surface area contributed by atoms with Crippen LogP contribution in [0.2, 0.25) is 0 Å². The van der Waals surface area contributed by atoms with Gasteiger partial charge in [-0.05, 0) is 12.8 Å². The summed E-state index contributed by atoms with van der Waals surface area (Å²) in [5, 5.41) is 12.2. The molecule has 0 aromatic heterocycles. The number of carboxylic acid groups (broad SMARTS) is 1. The fourth-order valence-electron chi connectivity index (χ4n) is 2.03. The number of nitrogens with zero attached hydrogens (tertiary/aromatic N) is 1. The van der Waals surface area contributed by atoms with E-state index >= 15 is 0 Å². The van der Waals surface area contributed by atoms with Crippen molar-refractivity contribution in [2.45, 2.75) is 39.3 Å². The van der Waals surface area contributed by atoms with E-state index in [0.29, 0.717) is 12.0 Å². The summed E-state index contributed by atoms with van der Waals surface area (Å²) < 4.78 is 0. The van der Waals surface area contributed by atoms with Crippen molar-refractivity contribution in [2.75, 3.05) is 19.6 Å². The molecule has 0 amide bonds. The Morgan fingerprint density at radius 1 is 1.53 bits per heavy atom. The van der Waals surface area contributed by atoms with E-state index < -0.39 is 5.97 Å². The van der Waals surface area contributed by atoms with E-state index in [1.165, 1.54) is 0 Å². The first-order chi connectivity index (χ1) is 7.00. The van der Waals surface area contributed by atoms with E-state index in [1.807, 2.05) is 6.92 Å². The summed E-state index contributed by atoms with van der Waals surface area (Å²) in [6.45, 7) is 9.28. The van der Waals surface area contributed by atoms with Gasteiger partial charge in [0.2, 0.25) is 0 Å². The molecule has 1 saturated heterocycles. The largest absolute Gasteiger partial charge is 0.481 e. The summed E-state index contributed by atoms with van der Waals surface area (Å²) in [6.07, 6.45) is 0.241. The minimum Gasteiger partial charge on any atom is -0.481 e. The monoisotopic (exact) mass is 214 g/mol. The third-order valence-electron chi connectivity index (χ3n) is 3.13. The van der Waals surface area contributed by atoms with E-state index in [-0.39, 0.29) is 12.5 Å². The van der Waals surface area contributed by atoms with Crippen molar-refractivity contribution in [3.8, 4) is 0 Å². The van der Waals surface area contributed by atoms with Crippen molar-refractivity contribution in [3.63, 3.8) is 0 Å². The van der Waals surface area contributed by atoms with Gasteiger partial charge in [-0.25, -0.2) is 0 Å². The summed E-state index contributed by atoms with van der Waals surface area (Å²) >= 11 is 0. The molecule has 2 unspecified atom stereocenters. The maximum Gasteiger partial charge on any atom is 0.304 e. The van der Waals surface area contributed by atoms with Crippen LogP contribution in [0.4, 0.5) is 0 Å². The van der Waals surface area contributed by atoms with Gasteiger partial charge in [-0.1, -0.05) is 13.8 Å². The topological polar surface area (TPSA) is 52.6 Å². The molecule has 2 N–H and O–H groups in total. The molecule has 1 heterocycles. The number of carbonyl (C=O) groups is 1. The minimum absolute atomic E-state index is 0.144. The molecule has 1 fully saturated rings. The van der Waals surface area contributed by atoms with Crippen LogP contribution in [-0.4, -0.2) is 47.7 Å². The molecule has 4 nitrogen and oxygen atoms in total. The van der Waals surface area contributed by atoms with Gasteiger partial charge in [0.05, 0.1) is 6.42 Å². The van der Waals surface area contributed by atoms with Crippen LogP contribution in [-0.2, 0) is 4.79 Å². The third kappa shape index (κ3) is 3.80. The predicted octanol–water partition coefficient (Wildman–Crippen LogP) is 0.779. The molecule has 88 valence electrons. The maximum absolute atomic E-state index is 10.6. The van der Waals surface area contributed by atoms with Crippen LogP contribution in [0.3, 0.4) is 0 Å². The first-order valence-electron chi connectivity index (χ1n) is 5.70. The molecule has 4 heteroatoms. The summed E-state index contributed by atoms with van der Waals surface area (Å²) in [5.74, 6) is -0.105. The highest BCUT2D eigenvalue weighted by atomic mass is 16.4. The van der Waals surface area contributed by atoms with Crippen LogP contribution < -0.4 is 5.32 Å². The Morgan fingerprint density at radius 2 is 2.20 bits per heavy atom. The number of hydrogen-bond acceptors (Lipinski definition) is 3. The highest BCUT2D eigenvalue weighted by molar-refractivity contribution is 5.67. The normalized spacial score (nSPS) is 25.5. The van der Waals surface area contributed by atoms with Crippen LogP contribution in [0.1, 0.15) is 27.2 Å². The zero-order valence-corrected chi connectivity index (χ0v) is 9.86. The lowest BCUT2D eigenvalue weighted by Gasteiger charge is -2.38. The van der Waals surface area contributed by atoms with Crippen LogP contribution >= 0.6 is 0 Å². The number of carboxylic acids is 1. The molecule has 15 heavy (non-hydrogen) atoms. The van der Waals surface area contributed by atoms with Gasteiger partial charge in [0.1, 0.15) is 0 Å². The molecule has 2 atom stereocenters. The highest BCUT2D eigenvalue weighted by Gasteiger charge is 2.25. The molecule has 1 rings (SSSR count). The molecule has 0 bridgehead atoms. The van der Waals surface area contributed by atoms with Crippen LogP contribution in [0.25, 0.3) is 0 Å². The standard InChI is InChI=1S/C11H22N2O2/c1-8(2)10-7-13(5-4-12-10)9(3)6-11(14)15/h8-10,12H,4-7H2,1-3H3,(H,14,15). The van der Waals surface area contributed by atoms with Crippen LogP contribution in [0, 0.1) is 5.92 Å². The average molecular weight is 214 g/mol. The zero-order chi connectivity index (χ0) is 11.4. The Kier molecular flexibility index (Phi) is 4.54. The third-order valence-corrected chi connectivity index (χ3v) is 3.13. The Labute approximate surface area is 91.6 Å². The SMILES string of the molecule is CC(C)C1CN(C(C)CC(=O)O)CCN1. The van der Waals surface area contributed by atoms with Crippen molar-refractivity contribution in [1.29, 1.82) is 0 Å². The van der Waals surface area contributed by atoms with Crippen LogP contribution in [0.5, 0.6) is 0 Å². The number of hydrogen-bond donors (Lipinski definition) is 2. The molecule has 1 aliphatic heterocycles. The molecule has 0 aliphatic carbocycles. The number of piperazine rings is 1. The van der Waals surface area contributed by atoms with Crippen molar-refractivity contribution < 1.29 is 9.90 Å². The van der Waals surface area contributed by atoms with E-state index in [0.717, 1.165) is 19.6 Å². The molecule has 0 aromatic carbocycles. The Morgan fingerprint density at radius 3 is 2.73 bits per heavy atom. The second kappa shape index (κ2) is 5.47. The lowest BCUT2D eigenvalue weighted by Crippen LogP contribution is -2.55. The Hall–Kier alpha value is -0.610. The summed E-state index contributed by atoms with van der Waals surface area (Å²) in [7, 11) is 0. The lowest BCUT2D eigenvalue weighted by atomic mass is 10.0. The van der Waals surface area contributed by atoms with Crippen LogP contribution in [0.15, 0.2) is 0 Å². The molecule has 0 aromatic rings. The maximum atomic E-state index is 10.6. The van der Waals surface area contributed by atoms with Crippen molar-refractivity contribution >= 4 is 5.97 Å². The molecule has 0 saturated carbocycles.